The standard InChI is InChI=1S/C26H35NO3/c1-28-23-8-9-24-20(5-4-6-22(24)17-23)13-16-27-14-11-19(12-15-27)21-7-10-25(29-2)26(18-21)30-3/h7-10,17-20H,4-6,11-16H2,1-3H3. The summed E-state index contributed by atoms with van der Waals surface area (Å²) < 4.78 is 16.3. The summed E-state index contributed by atoms with van der Waals surface area (Å²) in [4.78, 5) is 2.66. The van der Waals surface area contributed by atoms with E-state index in [-0.39, 0.29) is 0 Å². The molecular weight excluding hydrogens is 374 g/mol. The van der Waals surface area contributed by atoms with Crippen molar-refractivity contribution in [2.45, 2.75) is 50.4 Å². The van der Waals surface area contributed by atoms with E-state index < -0.39 is 0 Å². The van der Waals surface area contributed by atoms with E-state index in [0.717, 1.165) is 17.2 Å². The Bertz CT molecular complexity index is 842. The van der Waals surface area contributed by atoms with Crippen molar-refractivity contribution in [2.24, 2.45) is 0 Å². The Kier molecular flexibility index (Phi) is 6.83. The Morgan fingerprint density at radius 1 is 0.867 bits per heavy atom. The average Bonchev–Trinajstić information content (AvgIpc) is 2.82. The third-order valence-corrected chi connectivity index (χ3v) is 7.05. The highest BCUT2D eigenvalue weighted by atomic mass is 16.5. The van der Waals surface area contributed by atoms with Crippen LogP contribution in [0.4, 0.5) is 0 Å². The summed E-state index contributed by atoms with van der Waals surface area (Å²) in [5.41, 5.74) is 4.43. The van der Waals surface area contributed by atoms with Gasteiger partial charge in [0.15, 0.2) is 11.5 Å². The Balaban J connectivity index is 1.31. The van der Waals surface area contributed by atoms with Gasteiger partial charge in [0.1, 0.15) is 5.75 Å². The van der Waals surface area contributed by atoms with E-state index >= 15 is 0 Å². The molecule has 1 heterocycles. The van der Waals surface area contributed by atoms with E-state index in [0.29, 0.717) is 11.8 Å². The van der Waals surface area contributed by atoms with Crippen molar-refractivity contribution in [1.29, 1.82) is 0 Å². The fourth-order valence-electron chi connectivity index (χ4n) is 5.25. The first-order valence-corrected chi connectivity index (χ1v) is 11.3. The first kappa shape index (κ1) is 21.0. The molecule has 0 N–H and O–H groups in total. The lowest BCUT2D eigenvalue weighted by atomic mass is 9.80. The topological polar surface area (TPSA) is 30.9 Å². The zero-order valence-corrected chi connectivity index (χ0v) is 18.7. The number of hydrogen-bond acceptors (Lipinski definition) is 4. The Morgan fingerprint density at radius 3 is 2.40 bits per heavy atom. The van der Waals surface area contributed by atoms with E-state index in [2.05, 4.69) is 35.2 Å². The van der Waals surface area contributed by atoms with E-state index in [1.165, 1.54) is 69.3 Å². The molecule has 4 nitrogen and oxygen atoms in total. The lowest BCUT2D eigenvalue weighted by molar-refractivity contribution is 0.203. The molecule has 4 heteroatoms. The van der Waals surface area contributed by atoms with Gasteiger partial charge >= 0.3 is 0 Å². The van der Waals surface area contributed by atoms with Crippen LogP contribution in [-0.2, 0) is 6.42 Å². The van der Waals surface area contributed by atoms with Crippen molar-refractivity contribution in [3.05, 3.63) is 53.1 Å². The third kappa shape index (κ3) is 4.59. The fraction of sp³-hybridized carbons (Fsp3) is 0.538. The first-order chi connectivity index (χ1) is 14.7. The summed E-state index contributed by atoms with van der Waals surface area (Å²) in [6.45, 7) is 3.57. The van der Waals surface area contributed by atoms with Gasteiger partial charge in [0.05, 0.1) is 21.3 Å². The summed E-state index contributed by atoms with van der Waals surface area (Å²) in [6, 6.07) is 13.1. The average molecular weight is 410 g/mol. The molecule has 1 unspecified atom stereocenters. The van der Waals surface area contributed by atoms with Crippen LogP contribution in [0.2, 0.25) is 0 Å². The number of methoxy groups -OCH3 is 3. The van der Waals surface area contributed by atoms with Crippen LogP contribution in [0.15, 0.2) is 36.4 Å². The molecule has 30 heavy (non-hydrogen) atoms. The molecule has 0 amide bonds. The first-order valence-electron chi connectivity index (χ1n) is 11.3. The highest BCUT2D eigenvalue weighted by molar-refractivity contribution is 5.44. The van der Waals surface area contributed by atoms with Crippen LogP contribution in [0.25, 0.3) is 0 Å². The molecule has 0 saturated carbocycles. The van der Waals surface area contributed by atoms with Crippen LogP contribution in [0.5, 0.6) is 17.2 Å². The molecule has 1 aliphatic heterocycles. The lowest BCUT2D eigenvalue weighted by Crippen LogP contribution is -2.34. The van der Waals surface area contributed by atoms with E-state index in [1.807, 2.05) is 6.07 Å². The SMILES string of the molecule is COc1ccc2c(c1)CCCC2CCN1CCC(c2ccc(OC)c(OC)c2)CC1. The van der Waals surface area contributed by atoms with Gasteiger partial charge in [-0.25, -0.2) is 0 Å². The smallest absolute Gasteiger partial charge is 0.160 e. The lowest BCUT2D eigenvalue weighted by Gasteiger charge is -2.34. The molecule has 2 aromatic rings. The minimum atomic E-state index is 0.615. The molecule has 0 aromatic heterocycles. The summed E-state index contributed by atoms with van der Waals surface area (Å²) in [6.07, 6.45) is 7.51. The Morgan fingerprint density at radius 2 is 1.67 bits per heavy atom. The number of rotatable bonds is 7. The number of hydrogen-bond donors (Lipinski definition) is 0. The predicted octanol–water partition coefficient (Wildman–Crippen LogP) is 5.40. The number of benzene rings is 2. The normalized spacial score (nSPS) is 19.9. The molecule has 2 aliphatic rings. The maximum atomic E-state index is 5.49. The van der Waals surface area contributed by atoms with Crippen LogP contribution in [0.1, 0.15) is 60.6 Å². The third-order valence-electron chi connectivity index (χ3n) is 7.05. The maximum absolute atomic E-state index is 5.49. The summed E-state index contributed by atoms with van der Waals surface area (Å²) >= 11 is 0. The van der Waals surface area contributed by atoms with E-state index in [1.54, 1.807) is 26.9 Å². The predicted molar refractivity (Wildman–Crippen MR) is 121 cm³/mol. The second-order valence-corrected chi connectivity index (χ2v) is 8.67. The van der Waals surface area contributed by atoms with Crippen molar-refractivity contribution in [3.8, 4) is 17.2 Å². The molecule has 4 rings (SSSR count). The van der Waals surface area contributed by atoms with Gasteiger partial charge in [-0.2, -0.15) is 0 Å². The minimum Gasteiger partial charge on any atom is -0.497 e. The molecule has 1 fully saturated rings. The number of fused-ring (bicyclic) bond motifs is 1. The molecule has 0 radical (unpaired) electrons. The van der Waals surface area contributed by atoms with E-state index in [4.69, 9.17) is 14.2 Å². The van der Waals surface area contributed by atoms with Gasteiger partial charge in [-0.1, -0.05) is 12.1 Å². The molecule has 1 aliphatic carbocycles. The number of likely N-dealkylation sites (tertiary alicyclic amines) is 1. The van der Waals surface area contributed by atoms with Crippen molar-refractivity contribution in [3.63, 3.8) is 0 Å². The van der Waals surface area contributed by atoms with Crippen LogP contribution in [0.3, 0.4) is 0 Å². The van der Waals surface area contributed by atoms with E-state index in [9.17, 15) is 0 Å². The van der Waals surface area contributed by atoms with Gasteiger partial charge in [-0.05, 0) is 111 Å². The molecule has 1 atom stereocenters. The second kappa shape index (κ2) is 9.74. The zero-order valence-electron chi connectivity index (χ0n) is 18.7. The van der Waals surface area contributed by atoms with Crippen molar-refractivity contribution < 1.29 is 14.2 Å². The molecule has 162 valence electrons. The number of piperidine rings is 1. The molecule has 0 bridgehead atoms. The minimum absolute atomic E-state index is 0.615. The van der Waals surface area contributed by atoms with Crippen LogP contribution < -0.4 is 14.2 Å². The van der Waals surface area contributed by atoms with Crippen molar-refractivity contribution in [1.82, 2.24) is 4.90 Å². The van der Waals surface area contributed by atoms with Crippen molar-refractivity contribution in [2.75, 3.05) is 41.0 Å². The number of aryl methyl sites for hydroxylation is 1. The molecule has 2 aromatic carbocycles. The monoisotopic (exact) mass is 409 g/mol. The Hall–Kier alpha value is -2.20. The second-order valence-electron chi connectivity index (χ2n) is 8.67. The largest absolute Gasteiger partial charge is 0.497 e. The Labute approximate surface area is 181 Å². The van der Waals surface area contributed by atoms with Gasteiger partial charge in [-0.15, -0.1) is 0 Å². The van der Waals surface area contributed by atoms with Gasteiger partial charge in [0.25, 0.3) is 0 Å². The van der Waals surface area contributed by atoms with Crippen LogP contribution in [-0.4, -0.2) is 45.9 Å². The number of nitrogens with zero attached hydrogens (tertiary/aromatic N) is 1. The van der Waals surface area contributed by atoms with Crippen molar-refractivity contribution >= 4 is 0 Å². The quantitative estimate of drug-likeness (QED) is 0.612. The summed E-state index contributed by atoms with van der Waals surface area (Å²) in [5.74, 6) is 3.95. The number of ether oxygens (including phenoxy) is 3. The van der Waals surface area contributed by atoms with Crippen LogP contribution >= 0.6 is 0 Å². The molecular formula is C26H35NO3. The fourth-order valence-corrected chi connectivity index (χ4v) is 5.25. The maximum Gasteiger partial charge on any atom is 0.160 e. The van der Waals surface area contributed by atoms with Gasteiger partial charge in [0.2, 0.25) is 0 Å². The van der Waals surface area contributed by atoms with Gasteiger partial charge < -0.3 is 19.1 Å². The highest BCUT2D eigenvalue weighted by Crippen LogP contribution is 2.37. The van der Waals surface area contributed by atoms with Gasteiger partial charge in [-0.3, -0.25) is 0 Å². The highest BCUT2D eigenvalue weighted by Gasteiger charge is 2.24. The van der Waals surface area contributed by atoms with Gasteiger partial charge in [0, 0.05) is 0 Å². The molecule has 0 spiro atoms. The summed E-state index contributed by atoms with van der Waals surface area (Å²) in [7, 11) is 5.16. The van der Waals surface area contributed by atoms with Crippen LogP contribution in [0, 0.1) is 0 Å². The molecule has 1 saturated heterocycles. The zero-order chi connectivity index (χ0) is 20.9. The summed E-state index contributed by atoms with van der Waals surface area (Å²) in [5, 5.41) is 0.